The van der Waals surface area contributed by atoms with Gasteiger partial charge in [-0.05, 0) is 43.9 Å². The lowest BCUT2D eigenvalue weighted by molar-refractivity contribution is -0.129. The van der Waals surface area contributed by atoms with Gasteiger partial charge in [-0.1, -0.05) is 23.2 Å². The van der Waals surface area contributed by atoms with Crippen LogP contribution in [0.15, 0.2) is 30.6 Å². The highest BCUT2D eigenvalue weighted by molar-refractivity contribution is 7.16. The van der Waals surface area contributed by atoms with Crippen molar-refractivity contribution in [2.75, 3.05) is 6.54 Å². The third-order valence-electron chi connectivity index (χ3n) is 5.75. The van der Waals surface area contributed by atoms with Crippen molar-refractivity contribution in [1.29, 1.82) is 0 Å². The van der Waals surface area contributed by atoms with Gasteiger partial charge in [0.15, 0.2) is 0 Å². The van der Waals surface area contributed by atoms with Crippen LogP contribution in [0.1, 0.15) is 23.9 Å². The lowest BCUT2D eigenvalue weighted by atomic mass is 10.0. The van der Waals surface area contributed by atoms with Crippen molar-refractivity contribution in [3.63, 3.8) is 0 Å². The highest BCUT2D eigenvalue weighted by Gasteiger charge is 2.40. The minimum atomic E-state index is -0.482. The molecule has 31 heavy (non-hydrogen) atoms. The molecular formula is C21H23Cl2N5O2S. The Labute approximate surface area is 193 Å². The molecule has 4 rings (SSSR count). The number of H-pyrrole nitrogens is 1. The lowest BCUT2D eigenvalue weighted by Gasteiger charge is -2.28. The first-order valence-corrected chi connectivity index (χ1v) is 11.6. The van der Waals surface area contributed by atoms with Gasteiger partial charge in [0.05, 0.1) is 23.7 Å². The summed E-state index contributed by atoms with van der Waals surface area (Å²) in [4.78, 5) is 35.2. The molecule has 2 amide bonds. The van der Waals surface area contributed by atoms with Gasteiger partial charge in [0.25, 0.3) is 0 Å². The summed E-state index contributed by atoms with van der Waals surface area (Å²) in [5, 5.41) is 4.49. The number of hydrogen-bond acceptors (Lipinski definition) is 5. The van der Waals surface area contributed by atoms with E-state index < -0.39 is 18.0 Å². The first kappa shape index (κ1) is 22.1. The number of primary amides is 1. The van der Waals surface area contributed by atoms with Crippen LogP contribution >= 0.6 is 34.5 Å². The molecule has 4 heterocycles. The minimum absolute atomic E-state index is 0.147. The van der Waals surface area contributed by atoms with E-state index in [-0.39, 0.29) is 11.8 Å². The second kappa shape index (κ2) is 9.16. The van der Waals surface area contributed by atoms with E-state index in [9.17, 15) is 9.59 Å². The van der Waals surface area contributed by atoms with Crippen molar-refractivity contribution in [3.8, 4) is 0 Å². The molecule has 0 bridgehead atoms. The van der Waals surface area contributed by atoms with Crippen molar-refractivity contribution in [2.45, 2.75) is 38.4 Å². The topological polar surface area (TPSA) is 104 Å². The highest BCUT2D eigenvalue weighted by Crippen LogP contribution is 2.35. The number of carbonyl (C=O) groups excluding carboxylic acids is 2. The lowest BCUT2D eigenvalue weighted by Crippen LogP contribution is -2.51. The summed E-state index contributed by atoms with van der Waals surface area (Å²) in [6.45, 7) is 2.78. The van der Waals surface area contributed by atoms with Gasteiger partial charge in [0, 0.05) is 40.4 Å². The van der Waals surface area contributed by atoms with Gasteiger partial charge in [-0.2, -0.15) is 0 Å². The molecule has 1 aliphatic heterocycles. The smallest absolute Gasteiger partial charge is 0.237 e. The van der Waals surface area contributed by atoms with Crippen LogP contribution in [-0.4, -0.2) is 45.3 Å². The maximum Gasteiger partial charge on any atom is 0.237 e. The van der Waals surface area contributed by atoms with Crippen molar-refractivity contribution in [3.05, 3.63) is 50.5 Å². The van der Waals surface area contributed by atoms with Crippen LogP contribution in [0, 0.1) is 5.92 Å². The number of aromatic amines is 1. The molecule has 10 heteroatoms. The molecule has 1 fully saturated rings. The van der Waals surface area contributed by atoms with E-state index in [4.69, 9.17) is 28.9 Å². The van der Waals surface area contributed by atoms with E-state index in [1.165, 1.54) is 11.3 Å². The summed E-state index contributed by atoms with van der Waals surface area (Å²) in [5.74, 6) is -0.363. The quantitative estimate of drug-likeness (QED) is 0.483. The van der Waals surface area contributed by atoms with Crippen LogP contribution < -0.4 is 11.1 Å². The number of aromatic nitrogens is 2. The fourth-order valence-electron chi connectivity index (χ4n) is 4.19. The maximum absolute atomic E-state index is 12.8. The molecule has 4 N–H and O–H groups in total. The molecule has 0 spiro atoms. The number of nitrogens with zero attached hydrogens (tertiary/aromatic N) is 2. The van der Waals surface area contributed by atoms with E-state index in [0.29, 0.717) is 28.9 Å². The fraction of sp³-hybridized carbons (Fsp3) is 0.381. The number of pyridine rings is 1. The van der Waals surface area contributed by atoms with Crippen molar-refractivity contribution < 1.29 is 9.59 Å². The monoisotopic (exact) mass is 479 g/mol. The van der Waals surface area contributed by atoms with Crippen LogP contribution in [0.2, 0.25) is 9.36 Å². The summed E-state index contributed by atoms with van der Waals surface area (Å²) >= 11 is 13.6. The van der Waals surface area contributed by atoms with Gasteiger partial charge in [-0.25, -0.2) is 0 Å². The molecule has 1 saturated heterocycles. The zero-order valence-electron chi connectivity index (χ0n) is 16.9. The minimum Gasteiger partial charge on any atom is -0.368 e. The molecule has 7 nitrogen and oxygen atoms in total. The van der Waals surface area contributed by atoms with E-state index in [2.05, 4.69) is 15.3 Å². The second-order valence-electron chi connectivity index (χ2n) is 7.91. The molecule has 3 aromatic rings. The number of nitrogens with two attached hydrogens (primary N) is 1. The maximum atomic E-state index is 12.8. The average molecular weight is 480 g/mol. The van der Waals surface area contributed by atoms with Gasteiger partial charge in [0.2, 0.25) is 11.8 Å². The largest absolute Gasteiger partial charge is 0.368 e. The molecule has 3 atom stereocenters. The zero-order chi connectivity index (χ0) is 22.1. The van der Waals surface area contributed by atoms with Crippen LogP contribution in [0.5, 0.6) is 0 Å². The summed E-state index contributed by atoms with van der Waals surface area (Å²) in [6.07, 6.45) is 4.84. The molecular weight excluding hydrogens is 457 g/mol. The number of rotatable bonds is 7. The van der Waals surface area contributed by atoms with E-state index >= 15 is 0 Å². The third-order valence-corrected chi connectivity index (χ3v) is 7.64. The molecule has 164 valence electrons. The van der Waals surface area contributed by atoms with Crippen LogP contribution in [0.4, 0.5) is 0 Å². The number of hydrogen-bond donors (Lipinski definition) is 3. The van der Waals surface area contributed by atoms with Gasteiger partial charge >= 0.3 is 0 Å². The molecule has 1 aliphatic rings. The highest BCUT2D eigenvalue weighted by atomic mass is 35.5. The Morgan fingerprint density at radius 2 is 2.23 bits per heavy atom. The van der Waals surface area contributed by atoms with Gasteiger partial charge < -0.3 is 16.0 Å². The van der Waals surface area contributed by atoms with Crippen molar-refractivity contribution in [2.24, 2.45) is 11.7 Å². The number of halogens is 2. The zero-order valence-corrected chi connectivity index (χ0v) is 19.2. The number of thiophene rings is 1. The number of amides is 2. The summed E-state index contributed by atoms with van der Waals surface area (Å²) in [7, 11) is 0. The SMILES string of the molecule is C[C@@H](C(=O)NCc1cc2cnccc2[nH]1)N1CC(Cc2cc(Cl)c(Cl)s2)CC1C(N)=O. The molecule has 0 saturated carbocycles. The van der Waals surface area contributed by atoms with Crippen LogP contribution in [-0.2, 0) is 22.6 Å². The normalized spacial score (nSPS) is 20.2. The Morgan fingerprint density at radius 1 is 1.42 bits per heavy atom. The Kier molecular flexibility index (Phi) is 6.52. The molecule has 2 unspecified atom stereocenters. The molecule has 0 aliphatic carbocycles. The van der Waals surface area contributed by atoms with Gasteiger partial charge in [0.1, 0.15) is 4.34 Å². The van der Waals surface area contributed by atoms with E-state index in [0.717, 1.165) is 27.9 Å². The number of nitrogens with one attached hydrogen (secondary N) is 2. The number of likely N-dealkylation sites (tertiary alicyclic amines) is 1. The van der Waals surface area contributed by atoms with E-state index in [1.807, 2.05) is 30.0 Å². The molecule has 3 aromatic heterocycles. The Bertz CT molecular complexity index is 1060. The average Bonchev–Trinajstić information content (AvgIpc) is 3.42. The number of fused-ring (bicyclic) bond motifs is 1. The summed E-state index contributed by atoms with van der Waals surface area (Å²) in [5.41, 5.74) is 7.51. The predicted octanol–water partition coefficient (Wildman–Crippen LogP) is 3.35. The predicted molar refractivity (Wildman–Crippen MR) is 123 cm³/mol. The van der Waals surface area contributed by atoms with Crippen molar-refractivity contribution >= 4 is 57.3 Å². The van der Waals surface area contributed by atoms with Gasteiger partial charge in [-0.3, -0.25) is 19.5 Å². The van der Waals surface area contributed by atoms with E-state index in [1.54, 1.807) is 12.4 Å². The Morgan fingerprint density at radius 3 is 2.90 bits per heavy atom. The fourth-order valence-corrected chi connectivity index (χ4v) is 5.74. The third kappa shape index (κ3) is 4.87. The van der Waals surface area contributed by atoms with Crippen molar-refractivity contribution in [1.82, 2.24) is 20.2 Å². The van der Waals surface area contributed by atoms with Crippen LogP contribution in [0.25, 0.3) is 10.9 Å². The first-order chi connectivity index (χ1) is 14.8. The summed E-state index contributed by atoms with van der Waals surface area (Å²) in [6, 6.07) is 4.75. The second-order valence-corrected chi connectivity index (χ2v) is 10.1. The molecule has 0 aromatic carbocycles. The van der Waals surface area contributed by atoms with Crippen LogP contribution in [0.3, 0.4) is 0 Å². The Balaban J connectivity index is 1.39. The summed E-state index contributed by atoms with van der Waals surface area (Å²) < 4.78 is 0.568. The Hall–Kier alpha value is -2.13. The first-order valence-electron chi connectivity index (χ1n) is 10.00. The molecule has 0 radical (unpaired) electrons. The van der Waals surface area contributed by atoms with Gasteiger partial charge in [-0.15, -0.1) is 11.3 Å². The standard InChI is InChI=1S/C21H23Cl2N5O2S/c1-11(21(30)26-9-14-6-13-8-25-3-2-17(13)27-14)28-10-12(5-18(28)20(24)29)4-15-7-16(22)19(23)31-15/h2-3,6-8,11-12,18,27H,4-5,9-10H2,1H3,(H2,24,29)(H,26,30)/t11-,12?,18?/m0/s1. The number of carbonyl (C=O) groups is 2.